The number of hydrogen-bond acceptors (Lipinski definition) is 2. The van der Waals surface area contributed by atoms with Crippen molar-refractivity contribution < 1.29 is 0 Å². The van der Waals surface area contributed by atoms with Crippen molar-refractivity contribution in [1.29, 1.82) is 0 Å². The normalized spacial score (nSPS) is 12.9. The molecule has 3 heteroatoms. The Morgan fingerprint density at radius 1 is 1.54 bits per heavy atom. The van der Waals surface area contributed by atoms with Gasteiger partial charge in [-0.25, -0.2) is 0 Å². The maximum atomic E-state index is 5.63. The van der Waals surface area contributed by atoms with Crippen molar-refractivity contribution in [2.75, 3.05) is 13.6 Å². The Morgan fingerprint density at radius 2 is 2.23 bits per heavy atom. The van der Waals surface area contributed by atoms with Crippen LogP contribution < -0.4 is 11.1 Å². The van der Waals surface area contributed by atoms with E-state index in [9.17, 15) is 0 Å². The molecule has 1 rings (SSSR count). The van der Waals surface area contributed by atoms with Crippen LogP contribution >= 0.6 is 15.9 Å². The Kier molecular flexibility index (Phi) is 3.90. The van der Waals surface area contributed by atoms with Gasteiger partial charge >= 0.3 is 0 Å². The Morgan fingerprint density at radius 3 is 2.69 bits per heavy atom. The number of halogens is 1. The van der Waals surface area contributed by atoms with Crippen LogP contribution in [0.4, 0.5) is 0 Å². The van der Waals surface area contributed by atoms with Crippen LogP contribution in [0.5, 0.6) is 0 Å². The lowest BCUT2D eigenvalue weighted by Gasteiger charge is -2.14. The standard InChI is InChI=1S/C10H15BrN2/c1-7-5-8(3-4-9(7)11)10(6-12)13-2/h3-5,10,13H,6,12H2,1-2H3. The molecule has 0 saturated carbocycles. The molecule has 13 heavy (non-hydrogen) atoms. The van der Waals surface area contributed by atoms with Gasteiger partial charge in [-0.3, -0.25) is 0 Å². The minimum Gasteiger partial charge on any atom is -0.329 e. The third-order valence-electron chi connectivity index (χ3n) is 2.17. The Hall–Kier alpha value is -0.380. The summed E-state index contributed by atoms with van der Waals surface area (Å²) < 4.78 is 1.14. The molecule has 1 aromatic carbocycles. The summed E-state index contributed by atoms with van der Waals surface area (Å²) in [6, 6.07) is 6.56. The molecule has 0 fully saturated rings. The van der Waals surface area contributed by atoms with Crippen LogP contribution in [-0.4, -0.2) is 13.6 Å². The van der Waals surface area contributed by atoms with Crippen LogP contribution in [0.3, 0.4) is 0 Å². The molecule has 3 N–H and O–H groups in total. The molecule has 0 aliphatic carbocycles. The number of rotatable bonds is 3. The summed E-state index contributed by atoms with van der Waals surface area (Å²) in [5.41, 5.74) is 8.11. The van der Waals surface area contributed by atoms with E-state index in [2.05, 4.69) is 46.4 Å². The monoisotopic (exact) mass is 242 g/mol. The van der Waals surface area contributed by atoms with E-state index in [-0.39, 0.29) is 6.04 Å². The van der Waals surface area contributed by atoms with Crippen molar-refractivity contribution in [1.82, 2.24) is 5.32 Å². The summed E-state index contributed by atoms with van der Waals surface area (Å²) in [5.74, 6) is 0. The molecule has 0 saturated heterocycles. The molecule has 72 valence electrons. The first kappa shape index (κ1) is 10.7. The van der Waals surface area contributed by atoms with E-state index in [0.717, 1.165) is 4.47 Å². The number of likely N-dealkylation sites (N-methyl/N-ethyl adjacent to an activating group) is 1. The zero-order valence-electron chi connectivity index (χ0n) is 7.97. The third-order valence-corrected chi connectivity index (χ3v) is 3.06. The van der Waals surface area contributed by atoms with Crippen LogP contribution in [0.15, 0.2) is 22.7 Å². The third kappa shape index (κ3) is 2.53. The predicted molar refractivity (Wildman–Crippen MR) is 59.7 cm³/mol. The quantitative estimate of drug-likeness (QED) is 0.851. The van der Waals surface area contributed by atoms with Gasteiger partial charge in [0.1, 0.15) is 0 Å². The van der Waals surface area contributed by atoms with E-state index in [1.165, 1.54) is 11.1 Å². The smallest absolute Gasteiger partial charge is 0.0442 e. The maximum Gasteiger partial charge on any atom is 0.0442 e. The van der Waals surface area contributed by atoms with Crippen molar-refractivity contribution in [3.8, 4) is 0 Å². The molecule has 0 aromatic heterocycles. The highest BCUT2D eigenvalue weighted by atomic mass is 79.9. The minimum atomic E-state index is 0.256. The van der Waals surface area contributed by atoms with Crippen molar-refractivity contribution in [3.05, 3.63) is 33.8 Å². The first-order chi connectivity index (χ1) is 6.19. The van der Waals surface area contributed by atoms with E-state index in [1.807, 2.05) is 7.05 Å². The summed E-state index contributed by atoms with van der Waals surface area (Å²) in [7, 11) is 1.93. The van der Waals surface area contributed by atoms with Gasteiger partial charge in [-0.05, 0) is 31.2 Å². The molecule has 0 spiro atoms. The number of nitrogens with two attached hydrogens (primary N) is 1. The number of hydrogen-bond donors (Lipinski definition) is 2. The highest BCUT2D eigenvalue weighted by molar-refractivity contribution is 9.10. The summed E-state index contributed by atoms with van der Waals surface area (Å²) in [5, 5.41) is 3.17. The molecule has 0 heterocycles. The molecule has 1 unspecified atom stereocenters. The molecule has 2 nitrogen and oxygen atoms in total. The van der Waals surface area contributed by atoms with Gasteiger partial charge in [-0.2, -0.15) is 0 Å². The van der Waals surface area contributed by atoms with Gasteiger partial charge in [0.05, 0.1) is 0 Å². The fraction of sp³-hybridized carbons (Fsp3) is 0.400. The minimum absolute atomic E-state index is 0.256. The van der Waals surface area contributed by atoms with Crippen molar-refractivity contribution in [3.63, 3.8) is 0 Å². The van der Waals surface area contributed by atoms with Crippen LogP contribution in [0.1, 0.15) is 17.2 Å². The summed E-state index contributed by atoms with van der Waals surface area (Å²) in [6.07, 6.45) is 0. The molecule has 0 radical (unpaired) electrons. The van der Waals surface area contributed by atoms with Crippen molar-refractivity contribution in [2.45, 2.75) is 13.0 Å². The van der Waals surface area contributed by atoms with Gasteiger partial charge in [0, 0.05) is 17.1 Å². The molecule has 0 aliphatic heterocycles. The van der Waals surface area contributed by atoms with E-state index < -0.39 is 0 Å². The predicted octanol–water partition coefficient (Wildman–Crippen LogP) is 1.98. The first-order valence-electron chi connectivity index (χ1n) is 4.32. The summed E-state index contributed by atoms with van der Waals surface area (Å²) in [6.45, 7) is 2.70. The average Bonchev–Trinajstić information content (AvgIpc) is 2.13. The molecular weight excluding hydrogens is 228 g/mol. The van der Waals surface area contributed by atoms with E-state index in [1.54, 1.807) is 0 Å². The van der Waals surface area contributed by atoms with Gasteiger partial charge in [0.2, 0.25) is 0 Å². The lowest BCUT2D eigenvalue weighted by Crippen LogP contribution is -2.24. The van der Waals surface area contributed by atoms with Crippen LogP contribution in [0.2, 0.25) is 0 Å². The van der Waals surface area contributed by atoms with Crippen LogP contribution in [-0.2, 0) is 0 Å². The topological polar surface area (TPSA) is 38.0 Å². The van der Waals surface area contributed by atoms with E-state index in [0.29, 0.717) is 6.54 Å². The Labute approximate surface area is 87.6 Å². The molecule has 0 bridgehead atoms. The Bertz CT molecular complexity index is 282. The highest BCUT2D eigenvalue weighted by Crippen LogP contribution is 2.20. The van der Waals surface area contributed by atoms with Crippen LogP contribution in [0, 0.1) is 6.92 Å². The second-order valence-corrected chi connectivity index (χ2v) is 3.94. The molecule has 1 aromatic rings. The zero-order valence-corrected chi connectivity index (χ0v) is 9.56. The molecular formula is C10H15BrN2. The number of benzene rings is 1. The maximum absolute atomic E-state index is 5.63. The molecule has 0 amide bonds. The second kappa shape index (κ2) is 4.74. The summed E-state index contributed by atoms with van der Waals surface area (Å²) in [4.78, 5) is 0. The van der Waals surface area contributed by atoms with Crippen molar-refractivity contribution in [2.24, 2.45) is 5.73 Å². The van der Waals surface area contributed by atoms with Gasteiger partial charge in [-0.1, -0.05) is 28.1 Å². The summed E-state index contributed by atoms with van der Waals surface area (Å²) >= 11 is 3.47. The lowest BCUT2D eigenvalue weighted by molar-refractivity contribution is 0.605. The number of nitrogens with one attached hydrogen (secondary N) is 1. The highest BCUT2D eigenvalue weighted by Gasteiger charge is 2.06. The second-order valence-electron chi connectivity index (χ2n) is 3.09. The largest absolute Gasteiger partial charge is 0.329 e. The first-order valence-corrected chi connectivity index (χ1v) is 5.11. The van der Waals surface area contributed by atoms with Gasteiger partial charge in [-0.15, -0.1) is 0 Å². The fourth-order valence-corrected chi connectivity index (χ4v) is 1.55. The van der Waals surface area contributed by atoms with Crippen LogP contribution in [0.25, 0.3) is 0 Å². The SMILES string of the molecule is CNC(CN)c1ccc(Br)c(C)c1. The zero-order chi connectivity index (χ0) is 9.84. The number of aryl methyl sites for hydroxylation is 1. The lowest BCUT2D eigenvalue weighted by atomic mass is 10.1. The fourth-order valence-electron chi connectivity index (χ4n) is 1.31. The van der Waals surface area contributed by atoms with Gasteiger partial charge < -0.3 is 11.1 Å². The average molecular weight is 243 g/mol. The van der Waals surface area contributed by atoms with Gasteiger partial charge in [0.15, 0.2) is 0 Å². The van der Waals surface area contributed by atoms with Gasteiger partial charge in [0.25, 0.3) is 0 Å². The Balaban J connectivity index is 2.95. The van der Waals surface area contributed by atoms with E-state index >= 15 is 0 Å². The van der Waals surface area contributed by atoms with E-state index in [4.69, 9.17) is 5.73 Å². The molecule has 1 atom stereocenters. The molecule has 0 aliphatic rings. The van der Waals surface area contributed by atoms with Crippen molar-refractivity contribution >= 4 is 15.9 Å².